The van der Waals surface area contributed by atoms with E-state index < -0.39 is 11.4 Å². The van der Waals surface area contributed by atoms with Gasteiger partial charge in [0.05, 0.1) is 6.54 Å². The molecule has 0 bridgehead atoms. The van der Waals surface area contributed by atoms with E-state index >= 15 is 0 Å². The first-order chi connectivity index (χ1) is 8.04. The zero-order chi connectivity index (χ0) is 12.8. The number of nitrogen functional groups attached to an aromatic ring is 1. The van der Waals surface area contributed by atoms with Crippen molar-refractivity contribution in [1.82, 2.24) is 4.72 Å². The number of anilines is 2. The van der Waals surface area contributed by atoms with Crippen LogP contribution in [-0.2, 0) is 11.4 Å². The summed E-state index contributed by atoms with van der Waals surface area (Å²) in [5, 5.41) is 0. The molecule has 0 spiro atoms. The minimum absolute atomic E-state index is 0.709. The Kier molecular flexibility index (Phi) is 5.61. The third-order valence-electron chi connectivity index (χ3n) is 2.69. The van der Waals surface area contributed by atoms with Gasteiger partial charge in [0, 0.05) is 35.8 Å². The van der Waals surface area contributed by atoms with E-state index in [1.807, 2.05) is 19.1 Å². The fourth-order valence-corrected chi connectivity index (χ4v) is 2.03. The molecule has 96 valence electrons. The highest BCUT2D eigenvalue weighted by Gasteiger charge is 2.06. The molecule has 0 fully saturated rings. The molecule has 1 rings (SSSR count). The summed E-state index contributed by atoms with van der Waals surface area (Å²) in [5.41, 5.74) is 8.86. The molecule has 0 saturated carbocycles. The molecule has 5 heteroatoms. The van der Waals surface area contributed by atoms with Crippen LogP contribution in [0.3, 0.4) is 0 Å². The zero-order valence-corrected chi connectivity index (χ0v) is 11.5. The lowest BCUT2D eigenvalue weighted by molar-refractivity contribution is 0.586. The third-order valence-corrected chi connectivity index (χ3v) is 3.30. The van der Waals surface area contributed by atoms with Gasteiger partial charge in [-0.2, -0.15) is 0 Å². The van der Waals surface area contributed by atoms with Gasteiger partial charge in [-0.05, 0) is 37.6 Å². The number of rotatable bonds is 6. The van der Waals surface area contributed by atoms with Crippen LogP contribution in [-0.4, -0.2) is 30.4 Å². The molecule has 0 aliphatic rings. The Bertz CT molecular complexity index is 358. The summed E-state index contributed by atoms with van der Waals surface area (Å²) in [6, 6.07) is 6.04. The van der Waals surface area contributed by atoms with Crippen LogP contribution in [0.1, 0.15) is 12.5 Å². The Morgan fingerprint density at radius 2 is 2.18 bits per heavy atom. The van der Waals surface area contributed by atoms with Crippen LogP contribution >= 0.6 is 0 Å². The number of nitrogens with two attached hydrogens (primary N) is 1. The number of benzene rings is 1. The second kappa shape index (κ2) is 6.74. The Morgan fingerprint density at radius 3 is 2.71 bits per heavy atom. The Morgan fingerprint density at radius 1 is 1.47 bits per heavy atom. The lowest BCUT2D eigenvalue weighted by Gasteiger charge is -2.23. The van der Waals surface area contributed by atoms with Gasteiger partial charge in [0.15, 0.2) is 0 Å². The van der Waals surface area contributed by atoms with E-state index in [1.54, 1.807) is 6.26 Å². The van der Waals surface area contributed by atoms with E-state index in [0.717, 1.165) is 30.0 Å². The number of aryl methyl sites for hydroxylation is 1. The van der Waals surface area contributed by atoms with Gasteiger partial charge in [-0.15, -0.1) is 4.72 Å². The molecule has 1 atom stereocenters. The van der Waals surface area contributed by atoms with Crippen molar-refractivity contribution in [2.75, 3.05) is 36.5 Å². The minimum Gasteiger partial charge on any atom is -0.598 e. The number of nitrogens with one attached hydrogen (secondary N) is 1. The maximum atomic E-state index is 10.9. The van der Waals surface area contributed by atoms with E-state index in [0.29, 0.717) is 6.54 Å². The maximum absolute atomic E-state index is 10.9. The third kappa shape index (κ3) is 4.46. The quantitative estimate of drug-likeness (QED) is 0.594. The van der Waals surface area contributed by atoms with Crippen molar-refractivity contribution in [2.24, 2.45) is 0 Å². The summed E-state index contributed by atoms with van der Waals surface area (Å²) in [6.45, 7) is 6.57. The summed E-state index contributed by atoms with van der Waals surface area (Å²) in [7, 11) is 0. The molecule has 0 amide bonds. The van der Waals surface area contributed by atoms with Crippen LogP contribution in [0.25, 0.3) is 0 Å². The zero-order valence-electron chi connectivity index (χ0n) is 10.7. The molecule has 1 aromatic rings. The second-order valence-corrected chi connectivity index (χ2v) is 5.17. The molecule has 4 nitrogen and oxygen atoms in total. The first kappa shape index (κ1) is 14.2. The van der Waals surface area contributed by atoms with Crippen LogP contribution in [0, 0.1) is 6.92 Å². The van der Waals surface area contributed by atoms with E-state index in [2.05, 4.69) is 22.6 Å². The van der Waals surface area contributed by atoms with Gasteiger partial charge >= 0.3 is 0 Å². The number of hydrogen-bond acceptors (Lipinski definition) is 4. The molecule has 0 aromatic heterocycles. The molecule has 0 radical (unpaired) electrons. The van der Waals surface area contributed by atoms with Gasteiger partial charge in [-0.1, -0.05) is 0 Å². The van der Waals surface area contributed by atoms with Crippen LogP contribution in [0.15, 0.2) is 18.2 Å². The largest absolute Gasteiger partial charge is 0.598 e. The summed E-state index contributed by atoms with van der Waals surface area (Å²) >= 11 is -0.945. The van der Waals surface area contributed by atoms with Crippen LogP contribution < -0.4 is 15.4 Å². The smallest absolute Gasteiger partial charge is 0.115 e. The fourth-order valence-electron chi connectivity index (χ4n) is 1.65. The van der Waals surface area contributed by atoms with Crippen LogP contribution in [0.5, 0.6) is 0 Å². The normalized spacial score (nSPS) is 12.5. The number of hydrogen-bond donors (Lipinski definition) is 2. The number of likely N-dealkylation sites (N-methyl/N-ethyl adjacent to an activating group) is 1. The SMILES string of the molecule is CCN(CCN[S+](C)[O-])c1ccc(N)c(C)c1. The second-order valence-electron chi connectivity index (χ2n) is 3.97. The predicted molar refractivity (Wildman–Crippen MR) is 75.5 cm³/mol. The van der Waals surface area contributed by atoms with E-state index in [9.17, 15) is 4.55 Å². The van der Waals surface area contributed by atoms with E-state index in [-0.39, 0.29) is 0 Å². The van der Waals surface area contributed by atoms with Gasteiger partial charge in [-0.25, -0.2) is 0 Å². The highest BCUT2D eigenvalue weighted by molar-refractivity contribution is 7.88. The van der Waals surface area contributed by atoms with Crippen LogP contribution in [0.4, 0.5) is 11.4 Å². The van der Waals surface area contributed by atoms with Gasteiger partial charge < -0.3 is 15.2 Å². The Balaban J connectivity index is 2.62. The highest BCUT2D eigenvalue weighted by Crippen LogP contribution is 2.20. The molecule has 17 heavy (non-hydrogen) atoms. The first-order valence-corrected chi connectivity index (χ1v) is 7.28. The Labute approximate surface area is 107 Å². The van der Waals surface area contributed by atoms with Crippen molar-refractivity contribution in [3.8, 4) is 0 Å². The summed E-state index contributed by atoms with van der Waals surface area (Å²) in [5.74, 6) is 0. The van der Waals surface area contributed by atoms with Gasteiger partial charge in [0.1, 0.15) is 6.26 Å². The summed E-state index contributed by atoms with van der Waals surface area (Å²) < 4.78 is 13.8. The summed E-state index contributed by atoms with van der Waals surface area (Å²) in [4.78, 5) is 2.23. The Hall–Kier alpha value is -0.910. The van der Waals surface area contributed by atoms with Crippen molar-refractivity contribution >= 4 is 22.7 Å². The first-order valence-electron chi connectivity index (χ1n) is 5.72. The molecule has 0 saturated heterocycles. The van der Waals surface area contributed by atoms with Gasteiger partial charge in [0.2, 0.25) is 0 Å². The lowest BCUT2D eigenvalue weighted by Crippen LogP contribution is -2.34. The van der Waals surface area contributed by atoms with Crippen molar-refractivity contribution in [3.05, 3.63) is 23.8 Å². The number of nitrogens with zero attached hydrogens (tertiary/aromatic N) is 1. The van der Waals surface area contributed by atoms with Gasteiger partial charge in [-0.3, -0.25) is 0 Å². The van der Waals surface area contributed by atoms with Crippen molar-refractivity contribution in [1.29, 1.82) is 0 Å². The van der Waals surface area contributed by atoms with Crippen molar-refractivity contribution in [2.45, 2.75) is 13.8 Å². The minimum atomic E-state index is -0.945. The molecule has 0 aliphatic carbocycles. The molecule has 0 heterocycles. The molecule has 1 unspecified atom stereocenters. The average molecular weight is 255 g/mol. The van der Waals surface area contributed by atoms with Crippen molar-refractivity contribution in [3.63, 3.8) is 0 Å². The monoisotopic (exact) mass is 255 g/mol. The molecular weight excluding hydrogens is 234 g/mol. The predicted octanol–water partition coefficient (Wildman–Crippen LogP) is 1.29. The lowest BCUT2D eigenvalue weighted by atomic mass is 10.1. The standard InChI is InChI=1S/C12H21N3OS/c1-4-15(8-7-14-17(3)16)11-5-6-12(13)10(2)9-11/h5-6,9,14H,4,7-8,13H2,1-3H3. The molecule has 1 aromatic carbocycles. The maximum Gasteiger partial charge on any atom is 0.115 e. The fraction of sp³-hybridized carbons (Fsp3) is 0.500. The van der Waals surface area contributed by atoms with Crippen LogP contribution in [0.2, 0.25) is 0 Å². The van der Waals surface area contributed by atoms with Gasteiger partial charge in [0.25, 0.3) is 0 Å². The topological polar surface area (TPSA) is 64.3 Å². The summed E-state index contributed by atoms with van der Waals surface area (Å²) in [6.07, 6.45) is 1.64. The molecule has 3 N–H and O–H groups in total. The molecular formula is C12H21N3OS. The van der Waals surface area contributed by atoms with E-state index in [4.69, 9.17) is 5.73 Å². The average Bonchev–Trinajstić information content (AvgIpc) is 2.28. The highest BCUT2D eigenvalue weighted by atomic mass is 32.2. The van der Waals surface area contributed by atoms with E-state index in [1.165, 1.54) is 0 Å². The van der Waals surface area contributed by atoms with Crippen molar-refractivity contribution < 1.29 is 4.55 Å². The molecule has 0 aliphatic heterocycles.